The Bertz CT molecular complexity index is 1110. The van der Waals surface area contributed by atoms with Crippen LogP contribution in [0, 0.1) is 0 Å². The molecule has 0 amide bonds. The average Bonchev–Trinajstić information content (AvgIpc) is 3.14. The number of allylic oxidation sites excluding steroid dienone is 2. The zero-order chi connectivity index (χ0) is 20.3. The van der Waals surface area contributed by atoms with Gasteiger partial charge in [-0.3, -0.25) is 0 Å². The Balaban J connectivity index is 1.86. The molecular formula is C29H23Ge. The molecule has 0 N–H and O–H groups in total. The zero-order valence-corrected chi connectivity index (χ0v) is 19.1. The second-order valence-electron chi connectivity index (χ2n) is 7.59. The molecule has 0 bridgehead atoms. The summed E-state index contributed by atoms with van der Waals surface area (Å²) >= 11 is -1.77. The molecule has 0 unspecified atom stereocenters. The van der Waals surface area contributed by atoms with Crippen molar-refractivity contribution in [2.24, 2.45) is 0 Å². The molecule has 0 atom stereocenters. The van der Waals surface area contributed by atoms with Crippen LogP contribution in [0.3, 0.4) is 0 Å². The van der Waals surface area contributed by atoms with E-state index in [1.54, 1.807) is 8.81 Å². The summed E-state index contributed by atoms with van der Waals surface area (Å²) in [5, 5.41) is 0. The average molecular weight is 444 g/mol. The van der Waals surface area contributed by atoms with Gasteiger partial charge in [0.2, 0.25) is 0 Å². The summed E-state index contributed by atoms with van der Waals surface area (Å²) in [5.74, 6) is 2.52. The summed E-state index contributed by atoms with van der Waals surface area (Å²) in [5.41, 5.74) is 8.20. The van der Waals surface area contributed by atoms with Crippen LogP contribution in [-0.2, 0) is 0 Å². The van der Waals surface area contributed by atoms with Crippen molar-refractivity contribution in [1.82, 2.24) is 0 Å². The number of hydrogen-bond donors (Lipinski definition) is 0. The van der Waals surface area contributed by atoms with Crippen molar-refractivity contribution in [3.63, 3.8) is 0 Å². The van der Waals surface area contributed by atoms with Crippen LogP contribution in [0.15, 0.2) is 121 Å². The molecule has 0 aromatic heterocycles. The predicted octanol–water partition coefficient (Wildman–Crippen LogP) is 7.43. The molecule has 0 saturated carbocycles. The predicted molar refractivity (Wildman–Crippen MR) is 131 cm³/mol. The van der Waals surface area contributed by atoms with Crippen molar-refractivity contribution < 1.29 is 0 Å². The van der Waals surface area contributed by atoms with E-state index in [0.717, 1.165) is 0 Å². The van der Waals surface area contributed by atoms with Gasteiger partial charge in [0.25, 0.3) is 0 Å². The van der Waals surface area contributed by atoms with E-state index in [4.69, 9.17) is 0 Å². The first-order chi connectivity index (χ1) is 14.8. The molecule has 30 heavy (non-hydrogen) atoms. The summed E-state index contributed by atoms with van der Waals surface area (Å²) in [6.07, 6.45) is 0. The molecule has 4 aromatic carbocycles. The fraction of sp³-hybridized carbons (Fsp3) is 0.0345. The van der Waals surface area contributed by atoms with Crippen LogP contribution in [0.25, 0.3) is 20.0 Å². The molecule has 0 fully saturated rings. The molecule has 5 rings (SSSR count). The number of rotatable bonds is 4. The van der Waals surface area contributed by atoms with Gasteiger partial charge in [0.05, 0.1) is 0 Å². The summed E-state index contributed by atoms with van der Waals surface area (Å²) in [7, 11) is 0. The Morgan fingerprint density at radius 2 is 0.633 bits per heavy atom. The summed E-state index contributed by atoms with van der Waals surface area (Å²) in [4.78, 5) is 0. The molecule has 1 aliphatic rings. The van der Waals surface area contributed by atoms with Gasteiger partial charge in [-0.1, -0.05) is 0 Å². The maximum absolute atomic E-state index is 2.52. The van der Waals surface area contributed by atoms with E-state index < -0.39 is 14.3 Å². The monoisotopic (exact) mass is 445 g/mol. The molecule has 0 aliphatic carbocycles. The fourth-order valence-corrected chi connectivity index (χ4v) is 10.2. The van der Waals surface area contributed by atoms with E-state index in [1.807, 2.05) is 0 Å². The van der Waals surface area contributed by atoms with Crippen molar-refractivity contribution in [2.45, 2.75) is 5.76 Å². The third-order valence-electron chi connectivity index (χ3n) is 5.75. The minimum atomic E-state index is -1.77. The third-order valence-corrected chi connectivity index (χ3v) is 11.2. The van der Waals surface area contributed by atoms with E-state index in [1.165, 1.54) is 33.4 Å². The van der Waals surface area contributed by atoms with Crippen molar-refractivity contribution in [2.75, 3.05) is 0 Å². The molecule has 0 saturated heterocycles. The summed E-state index contributed by atoms with van der Waals surface area (Å²) in [6.45, 7) is 0. The van der Waals surface area contributed by atoms with Crippen LogP contribution in [-0.4, -0.2) is 14.3 Å². The second kappa shape index (κ2) is 8.33. The molecule has 143 valence electrons. The SMILES string of the molecule is [CH3][Ge]1[C](c2ccccc2)=C(c2ccccc2)C(c2ccccc2)=[C]1c1ccccc1. The first kappa shape index (κ1) is 18.9. The molecule has 1 heteroatoms. The first-order valence-corrected chi connectivity index (χ1v) is 14.6. The van der Waals surface area contributed by atoms with E-state index in [9.17, 15) is 0 Å². The van der Waals surface area contributed by atoms with Gasteiger partial charge < -0.3 is 0 Å². The molecule has 1 radical (unpaired) electrons. The van der Waals surface area contributed by atoms with E-state index in [-0.39, 0.29) is 0 Å². The second-order valence-corrected chi connectivity index (χ2v) is 12.3. The zero-order valence-electron chi connectivity index (χ0n) is 17.0. The summed E-state index contributed by atoms with van der Waals surface area (Å²) in [6, 6.07) is 43.9. The van der Waals surface area contributed by atoms with Crippen LogP contribution >= 0.6 is 0 Å². The van der Waals surface area contributed by atoms with Gasteiger partial charge in [-0.25, -0.2) is 0 Å². The van der Waals surface area contributed by atoms with Crippen molar-refractivity contribution in [3.05, 3.63) is 144 Å². The molecule has 1 heterocycles. The van der Waals surface area contributed by atoms with Crippen LogP contribution in [0.2, 0.25) is 5.76 Å². The maximum atomic E-state index is 2.52. The van der Waals surface area contributed by atoms with Gasteiger partial charge in [0.1, 0.15) is 0 Å². The van der Waals surface area contributed by atoms with Crippen molar-refractivity contribution in [1.29, 1.82) is 0 Å². The molecule has 4 aromatic rings. The van der Waals surface area contributed by atoms with Crippen molar-refractivity contribution >= 4 is 34.3 Å². The standard InChI is InChI=1S/C29H23Ge/c1-30-28(24-18-10-4-11-19-24)26(22-14-6-2-7-15-22)27(23-16-8-3-9-17-23)29(30)25-20-12-5-13-21-25/h2-21H,1H3. The summed E-state index contributed by atoms with van der Waals surface area (Å²) < 4.78 is 3.14. The van der Waals surface area contributed by atoms with Crippen LogP contribution in [0.1, 0.15) is 22.3 Å². The van der Waals surface area contributed by atoms with Crippen molar-refractivity contribution in [3.8, 4) is 0 Å². The Morgan fingerprint density at radius 3 is 0.933 bits per heavy atom. The molecule has 1 aliphatic heterocycles. The van der Waals surface area contributed by atoms with Gasteiger partial charge in [-0.15, -0.1) is 0 Å². The first-order valence-electron chi connectivity index (χ1n) is 10.4. The molecule has 0 nitrogen and oxygen atoms in total. The normalized spacial score (nSPS) is 14.4. The van der Waals surface area contributed by atoms with Gasteiger partial charge in [0.15, 0.2) is 0 Å². The Labute approximate surface area is 183 Å². The van der Waals surface area contributed by atoms with Crippen LogP contribution in [0.4, 0.5) is 0 Å². The van der Waals surface area contributed by atoms with E-state index in [2.05, 4.69) is 127 Å². The van der Waals surface area contributed by atoms with Crippen LogP contribution in [0.5, 0.6) is 0 Å². The van der Waals surface area contributed by atoms with Gasteiger partial charge in [-0.2, -0.15) is 0 Å². The number of hydrogen-bond acceptors (Lipinski definition) is 0. The fourth-order valence-electron chi connectivity index (χ4n) is 4.47. The quantitative estimate of drug-likeness (QED) is 0.288. The number of benzene rings is 4. The van der Waals surface area contributed by atoms with Gasteiger partial charge >= 0.3 is 184 Å². The Kier molecular flexibility index (Phi) is 5.25. The topological polar surface area (TPSA) is 0 Å². The van der Waals surface area contributed by atoms with E-state index in [0.29, 0.717) is 0 Å². The Morgan fingerprint density at radius 1 is 0.367 bits per heavy atom. The van der Waals surface area contributed by atoms with Gasteiger partial charge in [0, 0.05) is 0 Å². The Hall–Kier alpha value is -3.10. The molecule has 0 spiro atoms. The molecular weight excluding hydrogens is 421 g/mol. The van der Waals surface area contributed by atoms with Gasteiger partial charge in [-0.05, 0) is 0 Å². The van der Waals surface area contributed by atoms with Crippen LogP contribution < -0.4 is 0 Å². The minimum absolute atomic E-state index is 1.31. The third kappa shape index (κ3) is 3.38. The van der Waals surface area contributed by atoms with E-state index >= 15 is 0 Å².